The molecule has 1 aromatic carbocycles. The molecule has 1 aliphatic carbocycles. The van der Waals surface area contributed by atoms with E-state index < -0.39 is 5.91 Å². The first-order valence-corrected chi connectivity index (χ1v) is 8.03. The van der Waals surface area contributed by atoms with E-state index in [2.05, 4.69) is 15.5 Å². The Balaban J connectivity index is 1.73. The lowest BCUT2D eigenvalue weighted by molar-refractivity contribution is 0.102. The van der Waals surface area contributed by atoms with Gasteiger partial charge in [0.2, 0.25) is 5.89 Å². The summed E-state index contributed by atoms with van der Waals surface area (Å²) >= 11 is 5.94. The quantitative estimate of drug-likeness (QED) is 0.912. The van der Waals surface area contributed by atoms with Gasteiger partial charge >= 0.3 is 6.01 Å². The summed E-state index contributed by atoms with van der Waals surface area (Å²) in [5.74, 6) is 0.919. The van der Waals surface area contributed by atoms with E-state index >= 15 is 0 Å². The summed E-state index contributed by atoms with van der Waals surface area (Å²) in [6.07, 6.45) is 5.71. The first-order chi connectivity index (χ1) is 11.2. The fraction of sp³-hybridized carbons (Fsp3) is 0.438. The summed E-state index contributed by atoms with van der Waals surface area (Å²) in [6, 6.07) is 4.93. The minimum atomic E-state index is -0.400. The molecule has 0 radical (unpaired) electrons. The Morgan fingerprint density at radius 3 is 2.83 bits per heavy atom. The molecule has 1 saturated carbocycles. The molecule has 1 N–H and O–H groups in total. The van der Waals surface area contributed by atoms with Gasteiger partial charge in [-0.1, -0.05) is 36.0 Å². The van der Waals surface area contributed by atoms with Crippen LogP contribution in [0.4, 0.5) is 6.01 Å². The number of halogens is 1. The van der Waals surface area contributed by atoms with Crippen LogP contribution in [0.5, 0.6) is 5.75 Å². The molecule has 0 bridgehead atoms. The van der Waals surface area contributed by atoms with Crippen LogP contribution in [0.15, 0.2) is 22.6 Å². The summed E-state index contributed by atoms with van der Waals surface area (Å²) in [5, 5.41) is 11.0. The molecule has 1 aliphatic rings. The number of nitrogens with one attached hydrogen (secondary N) is 1. The number of nitrogens with zero attached hydrogens (tertiary/aromatic N) is 2. The molecule has 1 amide bonds. The van der Waals surface area contributed by atoms with Gasteiger partial charge in [-0.3, -0.25) is 10.1 Å². The average Bonchev–Trinajstić information content (AvgIpc) is 3.04. The van der Waals surface area contributed by atoms with Gasteiger partial charge in [0.25, 0.3) is 5.91 Å². The van der Waals surface area contributed by atoms with Crippen LogP contribution in [0.25, 0.3) is 0 Å². The highest BCUT2D eigenvalue weighted by Gasteiger charge is 2.22. The lowest BCUT2D eigenvalue weighted by Gasteiger charge is -2.17. The number of aromatic nitrogens is 2. The van der Waals surface area contributed by atoms with Gasteiger partial charge in [0.05, 0.1) is 12.7 Å². The van der Waals surface area contributed by atoms with Crippen LogP contribution in [0, 0.1) is 0 Å². The topological polar surface area (TPSA) is 77.2 Å². The van der Waals surface area contributed by atoms with Crippen molar-refractivity contribution in [2.75, 3.05) is 12.4 Å². The number of anilines is 1. The molecule has 1 fully saturated rings. The molecule has 0 aliphatic heterocycles. The van der Waals surface area contributed by atoms with Crippen LogP contribution in [0.3, 0.4) is 0 Å². The second kappa shape index (κ2) is 7.00. The van der Waals surface area contributed by atoms with Gasteiger partial charge < -0.3 is 9.15 Å². The standard InChI is InChI=1S/C16H18ClN3O3/c1-22-13-8-7-11(17)9-12(13)14(21)18-16-20-19-15(23-16)10-5-3-2-4-6-10/h7-10H,2-6H2,1H3,(H,18,20,21). The molecule has 0 unspecified atom stereocenters. The molecule has 1 heterocycles. The van der Waals surface area contributed by atoms with Crippen molar-refractivity contribution in [2.24, 2.45) is 0 Å². The molecular formula is C16H18ClN3O3. The highest BCUT2D eigenvalue weighted by molar-refractivity contribution is 6.31. The van der Waals surface area contributed by atoms with E-state index in [1.165, 1.54) is 32.4 Å². The summed E-state index contributed by atoms with van der Waals surface area (Å²) in [5.41, 5.74) is 0.317. The van der Waals surface area contributed by atoms with E-state index in [1.807, 2.05) is 0 Å². The minimum Gasteiger partial charge on any atom is -0.496 e. The zero-order chi connectivity index (χ0) is 16.2. The maximum absolute atomic E-state index is 12.4. The number of amides is 1. The van der Waals surface area contributed by atoms with Gasteiger partial charge in [0.15, 0.2) is 0 Å². The van der Waals surface area contributed by atoms with Crippen molar-refractivity contribution in [3.63, 3.8) is 0 Å². The third-order valence-electron chi connectivity index (χ3n) is 4.02. The van der Waals surface area contributed by atoms with Crippen molar-refractivity contribution >= 4 is 23.5 Å². The predicted octanol–water partition coefficient (Wildman–Crippen LogP) is 4.03. The van der Waals surface area contributed by atoms with Gasteiger partial charge in [0.1, 0.15) is 5.75 Å². The van der Waals surface area contributed by atoms with Crippen molar-refractivity contribution in [3.05, 3.63) is 34.7 Å². The molecule has 3 rings (SSSR count). The molecule has 6 nitrogen and oxygen atoms in total. The molecule has 0 spiro atoms. The largest absolute Gasteiger partial charge is 0.496 e. The average molecular weight is 336 g/mol. The van der Waals surface area contributed by atoms with E-state index in [1.54, 1.807) is 12.1 Å². The molecule has 0 atom stereocenters. The first kappa shape index (κ1) is 15.8. The van der Waals surface area contributed by atoms with Crippen molar-refractivity contribution in [1.29, 1.82) is 0 Å². The Hall–Kier alpha value is -2.08. The van der Waals surface area contributed by atoms with Crippen LogP contribution in [-0.2, 0) is 0 Å². The van der Waals surface area contributed by atoms with Crippen LogP contribution in [-0.4, -0.2) is 23.2 Å². The second-order valence-electron chi connectivity index (χ2n) is 5.58. The normalized spacial score (nSPS) is 15.4. The van der Waals surface area contributed by atoms with E-state index in [0.717, 1.165) is 12.8 Å². The molecular weight excluding hydrogens is 318 g/mol. The van der Waals surface area contributed by atoms with Gasteiger partial charge in [-0.25, -0.2) is 0 Å². The van der Waals surface area contributed by atoms with Crippen molar-refractivity contribution in [3.8, 4) is 5.75 Å². The maximum atomic E-state index is 12.4. The summed E-state index contributed by atoms with van der Waals surface area (Å²) in [4.78, 5) is 12.4. The first-order valence-electron chi connectivity index (χ1n) is 7.65. The maximum Gasteiger partial charge on any atom is 0.322 e. The van der Waals surface area contributed by atoms with Crippen molar-refractivity contribution in [1.82, 2.24) is 10.2 Å². The van der Waals surface area contributed by atoms with E-state index in [-0.39, 0.29) is 6.01 Å². The number of carbonyl (C=O) groups is 1. The van der Waals surface area contributed by atoms with Crippen LogP contribution in [0.2, 0.25) is 5.02 Å². The summed E-state index contributed by atoms with van der Waals surface area (Å²) in [7, 11) is 1.49. The zero-order valence-electron chi connectivity index (χ0n) is 12.8. The summed E-state index contributed by atoms with van der Waals surface area (Å²) < 4.78 is 10.8. The third-order valence-corrected chi connectivity index (χ3v) is 4.26. The van der Waals surface area contributed by atoms with E-state index in [4.69, 9.17) is 20.8 Å². The number of methoxy groups -OCH3 is 1. The SMILES string of the molecule is COc1ccc(Cl)cc1C(=O)Nc1nnc(C2CCCCC2)o1. The highest BCUT2D eigenvalue weighted by Crippen LogP contribution is 2.32. The Morgan fingerprint density at radius 2 is 2.09 bits per heavy atom. The van der Waals surface area contributed by atoms with E-state index in [9.17, 15) is 4.79 Å². The molecule has 0 saturated heterocycles. The van der Waals surface area contributed by atoms with Gasteiger partial charge in [-0.2, -0.15) is 0 Å². The summed E-state index contributed by atoms with van der Waals surface area (Å²) in [6.45, 7) is 0. The number of ether oxygens (including phenoxy) is 1. The predicted molar refractivity (Wildman–Crippen MR) is 86.1 cm³/mol. The number of hydrogen-bond acceptors (Lipinski definition) is 5. The van der Waals surface area contributed by atoms with Crippen molar-refractivity contribution in [2.45, 2.75) is 38.0 Å². The molecule has 23 heavy (non-hydrogen) atoms. The second-order valence-corrected chi connectivity index (χ2v) is 6.02. The monoisotopic (exact) mass is 335 g/mol. The fourth-order valence-corrected chi connectivity index (χ4v) is 2.99. The molecule has 7 heteroatoms. The van der Waals surface area contributed by atoms with E-state index in [0.29, 0.717) is 28.1 Å². The lowest BCUT2D eigenvalue weighted by atomic mass is 9.89. The zero-order valence-corrected chi connectivity index (χ0v) is 13.6. The van der Waals surface area contributed by atoms with Gasteiger partial charge in [-0.15, -0.1) is 5.10 Å². The minimum absolute atomic E-state index is 0.0950. The van der Waals surface area contributed by atoms with Crippen LogP contribution in [0.1, 0.15) is 54.3 Å². The number of rotatable bonds is 4. The van der Waals surface area contributed by atoms with Crippen LogP contribution < -0.4 is 10.1 Å². The Kier molecular flexibility index (Phi) is 4.81. The molecule has 2 aromatic rings. The smallest absolute Gasteiger partial charge is 0.322 e. The Labute approximate surface area is 139 Å². The van der Waals surface area contributed by atoms with Gasteiger partial charge in [0, 0.05) is 10.9 Å². The lowest BCUT2D eigenvalue weighted by Crippen LogP contribution is -2.13. The van der Waals surface area contributed by atoms with Crippen molar-refractivity contribution < 1.29 is 13.9 Å². The molecule has 122 valence electrons. The highest BCUT2D eigenvalue weighted by atomic mass is 35.5. The Morgan fingerprint density at radius 1 is 1.30 bits per heavy atom. The number of benzene rings is 1. The number of hydrogen-bond donors (Lipinski definition) is 1. The fourth-order valence-electron chi connectivity index (χ4n) is 2.82. The third kappa shape index (κ3) is 3.64. The van der Waals surface area contributed by atoms with Crippen LogP contribution >= 0.6 is 11.6 Å². The Bertz CT molecular complexity index is 696. The van der Waals surface area contributed by atoms with Gasteiger partial charge in [-0.05, 0) is 31.0 Å². The molecule has 1 aromatic heterocycles. The number of carbonyl (C=O) groups excluding carboxylic acids is 1.